The van der Waals surface area contributed by atoms with E-state index in [9.17, 15) is 9.59 Å². The molecule has 0 atom stereocenters. The Morgan fingerprint density at radius 3 is 2.88 bits per heavy atom. The van der Waals surface area contributed by atoms with Crippen LogP contribution in [0.4, 0.5) is 0 Å². The molecule has 2 aromatic heterocycles. The lowest BCUT2D eigenvalue weighted by Gasteiger charge is -2.09. The van der Waals surface area contributed by atoms with E-state index in [-0.39, 0.29) is 5.91 Å². The number of esters is 1. The van der Waals surface area contributed by atoms with Gasteiger partial charge < -0.3 is 10.1 Å². The number of hydrogen-bond acceptors (Lipinski definition) is 4. The zero-order valence-corrected chi connectivity index (χ0v) is 13.4. The van der Waals surface area contributed by atoms with E-state index in [1.165, 1.54) is 7.11 Å². The Morgan fingerprint density at radius 2 is 2.08 bits per heavy atom. The highest BCUT2D eigenvalue weighted by Crippen LogP contribution is 2.13. The number of benzene rings is 1. The predicted octanol–water partition coefficient (Wildman–Crippen LogP) is 2.36. The summed E-state index contributed by atoms with van der Waals surface area (Å²) >= 11 is 0. The number of rotatable bonds is 4. The van der Waals surface area contributed by atoms with Gasteiger partial charge in [-0.1, -0.05) is 12.1 Å². The summed E-state index contributed by atoms with van der Waals surface area (Å²) in [7, 11) is 1.34. The molecule has 1 aromatic carbocycles. The standard InChI is InChI=1S/C18H17N3O3/c1-12-6-7-13(18(23)24-2)9-14(12)10-20-17(22)15-11-19-16-5-3-4-8-21(15)16/h3-9,11H,10H2,1-2H3,(H,20,22). The van der Waals surface area contributed by atoms with Crippen LogP contribution in [0, 0.1) is 6.92 Å². The third kappa shape index (κ3) is 2.99. The van der Waals surface area contributed by atoms with Crippen LogP contribution in [0.5, 0.6) is 0 Å². The first-order valence-electron chi connectivity index (χ1n) is 7.48. The van der Waals surface area contributed by atoms with Crippen molar-refractivity contribution in [3.05, 3.63) is 71.2 Å². The van der Waals surface area contributed by atoms with E-state index >= 15 is 0 Å². The van der Waals surface area contributed by atoms with Gasteiger partial charge in [-0.05, 0) is 42.3 Å². The molecule has 0 bridgehead atoms. The Morgan fingerprint density at radius 1 is 1.25 bits per heavy atom. The van der Waals surface area contributed by atoms with Crippen molar-refractivity contribution in [2.24, 2.45) is 0 Å². The van der Waals surface area contributed by atoms with E-state index in [0.29, 0.717) is 23.4 Å². The van der Waals surface area contributed by atoms with E-state index < -0.39 is 5.97 Å². The normalized spacial score (nSPS) is 10.6. The van der Waals surface area contributed by atoms with Crippen LogP contribution < -0.4 is 5.32 Å². The quantitative estimate of drug-likeness (QED) is 0.748. The molecule has 0 saturated carbocycles. The molecule has 0 spiro atoms. The molecule has 6 nitrogen and oxygen atoms in total. The number of pyridine rings is 1. The topological polar surface area (TPSA) is 72.7 Å². The minimum Gasteiger partial charge on any atom is -0.465 e. The van der Waals surface area contributed by atoms with Crippen molar-refractivity contribution in [2.75, 3.05) is 7.11 Å². The Bertz CT molecular complexity index is 915. The highest BCUT2D eigenvalue weighted by Gasteiger charge is 2.13. The average molecular weight is 323 g/mol. The van der Waals surface area contributed by atoms with Gasteiger partial charge in [-0.2, -0.15) is 0 Å². The van der Waals surface area contributed by atoms with Crippen LogP contribution in [0.2, 0.25) is 0 Å². The molecular weight excluding hydrogens is 306 g/mol. The van der Waals surface area contributed by atoms with E-state index in [1.54, 1.807) is 28.9 Å². The predicted molar refractivity (Wildman–Crippen MR) is 88.9 cm³/mol. The van der Waals surface area contributed by atoms with Crippen LogP contribution in [-0.4, -0.2) is 28.4 Å². The fourth-order valence-electron chi connectivity index (χ4n) is 2.47. The van der Waals surface area contributed by atoms with E-state index in [2.05, 4.69) is 10.3 Å². The van der Waals surface area contributed by atoms with Gasteiger partial charge in [-0.3, -0.25) is 9.20 Å². The summed E-state index contributed by atoms with van der Waals surface area (Å²) in [6.07, 6.45) is 3.34. The molecule has 24 heavy (non-hydrogen) atoms. The number of amides is 1. The third-order valence-electron chi connectivity index (χ3n) is 3.86. The molecule has 0 saturated heterocycles. The number of methoxy groups -OCH3 is 1. The number of aromatic nitrogens is 2. The van der Waals surface area contributed by atoms with Crippen molar-refractivity contribution in [2.45, 2.75) is 13.5 Å². The van der Waals surface area contributed by atoms with Gasteiger partial charge in [-0.15, -0.1) is 0 Å². The maximum absolute atomic E-state index is 12.4. The van der Waals surface area contributed by atoms with Gasteiger partial charge in [0.25, 0.3) is 5.91 Å². The van der Waals surface area contributed by atoms with E-state index in [0.717, 1.165) is 11.1 Å². The molecule has 1 N–H and O–H groups in total. The molecule has 3 rings (SSSR count). The minimum absolute atomic E-state index is 0.225. The van der Waals surface area contributed by atoms with Crippen LogP contribution in [0.25, 0.3) is 5.65 Å². The largest absolute Gasteiger partial charge is 0.465 e. The van der Waals surface area contributed by atoms with Crippen molar-refractivity contribution in [3.63, 3.8) is 0 Å². The minimum atomic E-state index is -0.399. The Hall–Kier alpha value is -3.15. The van der Waals surface area contributed by atoms with Gasteiger partial charge >= 0.3 is 5.97 Å². The molecule has 0 aliphatic carbocycles. The molecule has 0 aliphatic rings. The summed E-state index contributed by atoms with van der Waals surface area (Å²) in [4.78, 5) is 28.2. The second kappa shape index (κ2) is 6.54. The van der Waals surface area contributed by atoms with Gasteiger partial charge in [0.2, 0.25) is 0 Å². The van der Waals surface area contributed by atoms with Crippen LogP contribution in [0.15, 0.2) is 48.8 Å². The van der Waals surface area contributed by atoms with Crippen molar-refractivity contribution in [1.82, 2.24) is 14.7 Å². The third-order valence-corrected chi connectivity index (χ3v) is 3.86. The zero-order chi connectivity index (χ0) is 17.1. The molecular formula is C18H17N3O3. The number of aryl methyl sites for hydroxylation is 1. The summed E-state index contributed by atoms with van der Waals surface area (Å²) < 4.78 is 6.46. The lowest BCUT2D eigenvalue weighted by molar-refractivity contribution is 0.0600. The Kier molecular flexibility index (Phi) is 4.29. The highest BCUT2D eigenvalue weighted by atomic mass is 16.5. The smallest absolute Gasteiger partial charge is 0.337 e. The number of carbonyl (C=O) groups excluding carboxylic acids is 2. The number of imidazole rings is 1. The Balaban J connectivity index is 1.78. The first-order chi connectivity index (χ1) is 11.6. The SMILES string of the molecule is COC(=O)c1ccc(C)c(CNC(=O)c2cnc3ccccn23)c1. The second-order valence-electron chi connectivity index (χ2n) is 5.39. The van der Waals surface area contributed by atoms with E-state index in [4.69, 9.17) is 4.74 Å². The van der Waals surface area contributed by atoms with Gasteiger partial charge in [0, 0.05) is 12.7 Å². The lowest BCUT2D eigenvalue weighted by Crippen LogP contribution is -2.24. The monoisotopic (exact) mass is 323 g/mol. The first kappa shape index (κ1) is 15.7. The summed E-state index contributed by atoms with van der Waals surface area (Å²) in [5.41, 5.74) is 3.49. The molecule has 0 unspecified atom stereocenters. The number of nitrogens with one attached hydrogen (secondary N) is 1. The van der Waals surface area contributed by atoms with Gasteiger partial charge in [-0.25, -0.2) is 9.78 Å². The fourth-order valence-corrected chi connectivity index (χ4v) is 2.47. The number of nitrogens with zero attached hydrogens (tertiary/aromatic N) is 2. The zero-order valence-electron chi connectivity index (χ0n) is 13.4. The highest BCUT2D eigenvalue weighted by molar-refractivity contribution is 5.93. The average Bonchev–Trinajstić information content (AvgIpc) is 3.04. The van der Waals surface area contributed by atoms with Crippen molar-refractivity contribution in [3.8, 4) is 0 Å². The number of ether oxygens (including phenoxy) is 1. The maximum atomic E-state index is 12.4. The second-order valence-corrected chi connectivity index (χ2v) is 5.39. The molecule has 1 amide bonds. The first-order valence-corrected chi connectivity index (χ1v) is 7.48. The maximum Gasteiger partial charge on any atom is 0.337 e. The van der Waals surface area contributed by atoms with Gasteiger partial charge in [0.15, 0.2) is 0 Å². The summed E-state index contributed by atoms with van der Waals surface area (Å²) in [5.74, 6) is -0.624. The molecule has 0 radical (unpaired) electrons. The summed E-state index contributed by atoms with van der Waals surface area (Å²) in [5, 5.41) is 2.87. The van der Waals surface area contributed by atoms with Gasteiger partial charge in [0.05, 0.1) is 18.9 Å². The fraction of sp³-hybridized carbons (Fsp3) is 0.167. The molecule has 3 aromatic rings. The molecule has 6 heteroatoms. The van der Waals surface area contributed by atoms with Crippen LogP contribution in [0.1, 0.15) is 32.0 Å². The van der Waals surface area contributed by atoms with Crippen LogP contribution in [0.3, 0.4) is 0 Å². The van der Waals surface area contributed by atoms with Crippen molar-refractivity contribution in [1.29, 1.82) is 0 Å². The van der Waals surface area contributed by atoms with Crippen LogP contribution in [-0.2, 0) is 11.3 Å². The van der Waals surface area contributed by atoms with Crippen molar-refractivity contribution < 1.29 is 14.3 Å². The number of fused-ring (bicyclic) bond motifs is 1. The van der Waals surface area contributed by atoms with Crippen LogP contribution >= 0.6 is 0 Å². The molecule has 122 valence electrons. The van der Waals surface area contributed by atoms with Crippen molar-refractivity contribution >= 4 is 17.5 Å². The Labute approximate surface area is 139 Å². The van der Waals surface area contributed by atoms with Gasteiger partial charge in [0.1, 0.15) is 11.3 Å². The number of carbonyl (C=O) groups is 2. The summed E-state index contributed by atoms with van der Waals surface area (Å²) in [6.45, 7) is 2.24. The molecule has 2 heterocycles. The molecule has 0 aliphatic heterocycles. The number of hydrogen-bond donors (Lipinski definition) is 1. The van der Waals surface area contributed by atoms with E-state index in [1.807, 2.05) is 31.2 Å². The summed E-state index contributed by atoms with van der Waals surface area (Å²) in [6, 6.07) is 10.8. The molecule has 0 fully saturated rings. The lowest BCUT2D eigenvalue weighted by atomic mass is 10.0.